The molecule has 0 saturated heterocycles. The summed E-state index contributed by atoms with van der Waals surface area (Å²) in [6.07, 6.45) is 17.4. The minimum absolute atomic E-state index is 0. The molecule has 3 nitrogen and oxygen atoms in total. The first-order chi connectivity index (χ1) is 10.2. The SMILES string of the molecule is CCCCCC[C@@H](O)C/C=C\CCCCCCCC(=O)O.[Ce]. The molecular weight excluding hydrogens is 404 g/mol. The van der Waals surface area contributed by atoms with Crippen molar-refractivity contribution in [1.29, 1.82) is 0 Å². The van der Waals surface area contributed by atoms with Crippen molar-refractivity contribution in [3.8, 4) is 0 Å². The van der Waals surface area contributed by atoms with Gasteiger partial charge in [-0.1, -0.05) is 64.0 Å². The molecule has 128 valence electrons. The molecule has 1 atom stereocenters. The van der Waals surface area contributed by atoms with Gasteiger partial charge in [0.1, 0.15) is 0 Å². The first-order valence-corrected chi connectivity index (χ1v) is 8.71. The van der Waals surface area contributed by atoms with E-state index in [1.807, 2.05) is 0 Å². The number of rotatable bonds is 15. The van der Waals surface area contributed by atoms with Gasteiger partial charge < -0.3 is 10.2 Å². The maximum absolute atomic E-state index is 10.3. The van der Waals surface area contributed by atoms with Crippen molar-refractivity contribution in [1.82, 2.24) is 0 Å². The van der Waals surface area contributed by atoms with Crippen LogP contribution in [0.1, 0.15) is 90.4 Å². The number of hydrogen-bond donors (Lipinski definition) is 2. The fourth-order valence-corrected chi connectivity index (χ4v) is 2.36. The van der Waals surface area contributed by atoms with Crippen LogP contribution in [-0.4, -0.2) is 22.3 Å². The molecule has 0 aromatic heterocycles. The van der Waals surface area contributed by atoms with E-state index in [1.165, 1.54) is 25.7 Å². The monoisotopic (exact) mass is 438 g/mol. The van der Waals surface area contributed by atoms with Gasteiger partial charge in [0, 0.05) is 48.2 Å². The van der Waals surface area contributed by atoms with Crippen LogP contribution in [0.5, 0.6) is 0 Å². The molecule has 0 saturated carbocycles. The molecule has 0 aliphatic heterocycles. The van der Waals surface area contributed by atoms with Crippen LogP contribution in [0, 0.1) is 41.7 Å². The van der Waals surface area contributed by atoms with Gasteiger partial charge >= 0.3 is 5.97 Å². The summed E-state index contributed by atoms with van der Waals surface area (Å²) in [7, 11) is 0. The van der Waals surface area contributed by atoms with Crippen molar-refractivity contribution >= 4 is 5.97 Å². The Bertz CT molecular complexity index is 267. The molecule has 0 bridgehead atoms. The summed E-state index contributed by atoms with van der Waals surface area (Å²) in [6.45, 7) is 2.20. The Kier molecular flexibility index (Phi) is 22.1. The van der Waals surface area contributed by atoms with Crippen LogP contribution >= 0.6 is 0 Å². The average Bonchev–Trinajstić information content (AvgIpc) is 2.45. The van der Waals surface area contributed by atoms with Crippen molar-refractivity contribution in [2.24, 2.45) is 0 Å². The van der Waals surface area contributed by atoms with Crippen molar-refractivity contribution in [2.45, 2.75) is 96.5 Å². The Hall–Kier alpha value is 0.547. The summed E-state index contributed by atoms with van der Waals surface area (Å²) in [5.41, 5.74) is 0. The van der Waals surface area contributed by atoms with E-state index in [0.717, 1.165) is 51.4 Å². The van der Waals surface area contributed by atoms with E-state index in [0.29, 0.717) is 6.42 Å². The molecule has 0 unspecified atom stereocenters. The molecule has 0 aromatic carbocycles. The minimum Gasteiger partial charge on any atom is -0.481 e. The van der Waals surface area contributed by atoms with Crippen LogP contribution in [0.4, 0.5) is 0 Å². The number of aliphatic carboxylic acids is 1. The Labute approximate surface area is 170 Å². The van der Waals surface area contributed by atoms with E-state index in [9.17, 15) is 9.90 Å². The van der Waals surface area contributed by atoms with Gasteiger partial charge in [0.05, 0.1) is 6.10 Å². The predicted octanol–water partition coefficient (Wildman–Crippen LogP) is 5.08. The van der Waals surface area contributed by atoms with E-state index >= 15 is 0 Å². The summed E-state index contributed by atoms with van der Waals surface area (Å²) >= 11 is 0. The van der Waals surface area contributed by atoms with Crippen LogP contribution < -0.4 is 0 Å². The Morgan fingerprint density at radius 1 is 0.955 bits per heavy atom. The zero-order valence-corrected chi connectivity index (χ0v) is 17.4. The van der Waals surface area contributed by atoms with E-state index in [4.69, 9.17) is 5.11 Å². The number of unbranched alkanes of at least 4 members (excludes halogenated alkanes) is 8. The average molecular weight is 439 g/mol. The molecule has 0 aliphatic rings. The zero-order valence-electron chi connectivity index (χ0n) is 14.2. The molecular formula is C18H34CeO3. The van der Waals surface area contributed by atoms with Crippen LogP contribution in [0.2, 0.25) is 0 Å². The quantitative estimate of drug-likeness (QED) is 0.277. The second kappa shape index (κ2) is 19.6. The molecule has 0 spiro atoms. The first kappa shape index (κ1) is 24.8. The molecule has 4 heteroatoms. The standard InChI is InChI=1S/C18H34O3.Ce/c1-2-3-4-11-14-17(19)15-12-9-7-5-6-8-10-13-16-18(20)21;/h9,12,17,19H,2-8,10-11,13-16H2,1H3,(H,20,21);/b12-9-;/t17-;/m1./s1. The summed E-state index contributed by atoms with van der Waals surface area (Å²) in [5.74, 6) is -0.689. The van der Waals surface area contributed by atoms with Gasteiger partial charge in [-0.15, -0.1) is 0 Å². The Morgan fingerprint density at radius 3 is 2.27 bits per heavy atom. The summed E-state index contributed by atoms with van der Waals surface area (Å²) < 4.78 is 0. The third kappa shape index (κ3) is 20.5. The number of carboxylic acids is 1. The number of aliphatic hydroxyl groups excluding tert-OH is 1. The fourth-order valence-electron chi connectivity index (χ4n) is 2.36. The first-order valence-electron chi connectivity index (χ1n) is 8.71. The van der Waals surface area contributed by atoms with Crippen LogP contribution in [0.15, 0.2) is 12.2 Å². The number of aliphatic hydroxyl groups is 1. The number of hydrogen-bond acceptors (Lipinski definition) is 2. The zero-order chi connectivity index (χ0) is 15.8. The van der Waals surface area contributed by atoms with Crippen molar-refractivity contribution < 1.29 is 56.8 Å². The van der Waals surface area contributed by atoms with E-state index in [2.05, 4.69) is 19.1 Å². The van der Waals surface area contributed by atoms with E-state index < -0.39 is 5.97 Å². The van der Waals surface area contributed by atoms with Gasteiger partial charge in [0.2, 0.25) is 0 Å². The number of carbonyl (C=O) groups is 1. The van der Waals surface area contributed by atoms with Gasteiger partial charge in [-0.25, -0.2) is 0 Å². The maximum atomic E-state index is 10.3. The van der Waals surface area contributed by atoms with Gasteiger partial charge in [-0.2, -0.15) is 0 Å². The molecule has 0 radical (unpaired) electrons. The maximum Gasteiger partial charge on any atom is 0.303 e. The molecule has 2 N–H and O–H groups in total. The van der Waals surface area contributed by atoms with Crippen LogP contribution in [-0.2, 0) is 4.79 Å². The van der Waals surface area contributed by atoms with Gasteiger partial charge in [-0.3, -0.25) is 4.79 Å². The molecule has 0 amide bonds. The normalized spacial score (nSPS) is 12.3. The van der Waals surface area contributed by atoms with Crippen molar-refractivity contribution in [2.75, 3.05) is 0 Å². The smallest absolute Gasteiger partial charge is 0.303 e. The largest absolute Gasteiger partial charge is 0.481 e. The topological polar surface area (TPSA) is 57.5 Å². The third-order valence-electron chi connectivity index (χ3n) is 3.73. The van der Waals surface area contributed by atoms with Gasteiger partial charge in [0.25, 0.3) is 0 Å². The van der Waals surface area contributed by atoms with E-state index in [-0.39, 0.29) is 47.9 Å². The Balaban J connectivity index is 0. The second-order valence-electron chi connectivity index (χ2n) is 5.91. The van der Waals surface area contributed by atoms with Crippen LogP contribution in [0.25, 0.3) is 0 Å². The molecule has 0 aliphatic carbocycles. The molecule has 0 heterocycles. The third-order valence-corrected chi connectivity index (χ3v) is 3.73. The summed E-state index contributed by atoms with van der Waals surface area (Å²) in [6, 6.07) is 0. The van der Waals surface area contributed by atoms with Crippen LogP contribution in [0.3, 0.4) is 0 Å². The minimum atomic E-state index is -0.689. The second-order valence-corrected chi connectivity index (χ2v) is 5.91. The number of carboxylic acid groups (broad SMARTS) is 1. The van der Waals surface area contributed by atoms with Gasteiger partial charge in [-0.05, 0) is 32.1 Å². The molecule has 0 aromatic rings. The van der Waals surface area contributed by atoms with Crippen molar-refractivity contribution in [3.05, 3.63) is 12.2 Å². The summed E-state index contributed by atoms with van der Waals surface area (Å²) in [4.78, 5) is 10.3. The molecule has 0 rings (SSSR count). The van der Waals surface area contributed by atoms with Crippen molar-refractivity contribution in [3.63, 3.8) is 0 Å². The summed E-state index contributed by atoms with van der Waals surface area (Å²) in [5, 5.41) is 18.3. The Morgan fingerprint density at radius 2 is 1.59 bits per heavy atom. The molecule has 22 heavy (non-hydrogen) atoms. The predicted molar refractivity (Wildman–Crippen MR) is 88.5 cm³/mol. The number of allylic oxidation sites excluding steroid dienone is 1. The molecule has 0 fully saturated rings. The van der Waals surface area contributed by atoms with E-state index in [1.54, 1.807) is 0 Å². The fraction of sp³-hybridized carbons (Fsp3) is 0.833. The van der Waals surface area contributed by atoms with Gasteiger partial charge in [0.15, 0.2) is 0 Å².